The summed E-state index contributed by atoms with van der Waals surface area (Å²) in [5.74, 6) is 1.77. The molecule has 3 heteroatoms. The molecule has 0 nitrogen and oxygen atoms in total. The molecule has 2 fully saturated rings. The van der Waals surface area contributed by atoms with Crippen molar-refractivity contribution in [1.29, 1.82) is 0 Å². The summed E-state index contributed by atoms with van der Waals surface area (Å²) in [5.41, 5.74) is 1.63. The van der Waals surface area contributed by atoms with Crippen molar-refractivity contribution >= 4 is 14.6 Å². The van der Waals surface area contributed by atoms with Gasteiger partial charge in [0, 0.05) is 14.4 Å². The van der Waals surface area contributed by atoms with E-state index < -0.39 is 5.83 Å². The third kappa shape index (κ3) is 7.05. The Morgan fingerprint density at radius 2 is 1.52 bits per heavy atom. The highest BCUT2D eigenvalue weighted by Gasteiger charge is 2.23. The van der Waals surface area contributed by atoms with E-state index in [2.05, 4.69) is 6.92 Å². The van der Waals surface area contributed by atoms with Crippen LogP contribution < -0.4 is 0 Å². The molecule has 2 aliphatic rings. The Bertz CT molecular complexity index is 608. The zero-order valence-corrected chi connectivity index (χ0v) is 19.5. The van der Waals surface area contributed by atoms with Crippen LogP contribution in [-0.4, -0.2) is 8.80 Å². The minimum atomic E-state index is -0.781. The number of rotatable bonds is 9. The molecule has 0 aromatic heterocycles. The van der Waals surface area contributed by atoms with Crippen LogP contribution in [-0.2, 0) is 0 Å². The molecule has 1 aromatic carbocycles. The van der Waals surface area contributed by atoms with E-state index in [1.54, 1.807) is 43.1 Å². The van der Waals surface area contributed by atoms with Crippen LogP contribution in [0.3, 0.4) is 0 Å². The van der Waals surface area contributed by atoms with E-state index in [0.717, 1.165) is 11.8 Å². The summed E-state index contributed by atoms with van der Waals surface area (Å²) in [7, 11) is -0.309. The van der Waals surface area contributed by atoms with Crippen molar-refractivity contribution in [3.63, 3.8) is 0 Å². The highest BCUT2D eigenvalue weighted by atomic mass is 28.3. The van der Waals surface area contributed by atoms with Crippen LogP contribution in [0.4, 0.5) is 8.78 Å². The van der Waals surface area contributed by atoms with Gasteiger partial charge in [-0.3, -0.25) is 0 Å². The minimum Gasteiger partial charge on any atom is -0.212 e. The van der Waals surface area contributed by atoms with Gasteiger partial charge in [0.25, 0.3) is 0 Å². The lowest BCUT2D eigenvalue weighted by atomic mass is 9.77. The Kier molecular flexibility index (Phi) is 9.42. The average Bonchev–Trinajstić information content (AvgIpc) is 2.78. The predicted octanol–water partition coefficient (Wildman–Crippen LogP) is 8.81. The summed E-state index contributed by atoms with van der Waals surface area (Å²) in [6, 6.07) is 12.2. The molecule has 0 unspecified atom stereocenters. The molecule has 1 saturated carbocycles. The number of hydrogen-bond donors (Lipinski definition) is 0. The van der Waals surface area contributed by atoms with Gasteiger partial charge in [-0.05, 0) is 49.0 Å². The zero-order valence-electron chi connectivity index (χ0n) is 18.4. The summed E-state index contributed by atoms with van der Waals surface area (Å²) in [6.45, 7) is 2.36. The first-order valence-electron chi connectivity index (χ1n) is 12.3. The van der Waals surface area contributed by atoms with Crippen molar-refractivity contribution in [2.45, 2.75) is 102 Å². The van der Waals surface area contributed by atoms with E-state index in [9.17, 15) is 8.78 Å². The molecule has 29 heavy (non-hydrogen) atoms. The van der Waals surface area contributed by atoms with Gasteiger partial charge in [0.05, 0.1) is 0 Å². The first-order chi connectivity index (χ1) is 14.2. The van der Waals surface area contributed by atoms with E-state index in [0.29, 0.717) is 11.5 Å². The van der Waals surface area contributed by atoms with Crippen LogP contribution in [0.25, 0.3) is 5.83 Å². The Labute approximate surface area is 178 Å². The van der Waals surface area contributed by atoms with Gasteiger partial charge in [0.2, 0.25) is 0 Å². The fourth-order valence-corrected chi connectivity index (χ4v) is 9.41. The fourth-order valence-electron chi connectivity index (χ4n) is 5.85. The van der Waals surface area contributed by atoms with Crippen molar-refractivity contribution in [3.05, 3.63) is 41.7 Å². The normalized spacial score (nSPS) is 28.4. The van der Waals surface area contributed by atoms with Crippen LogP contribution in [0.1, 0.15) is 94.6 Å². The second-order valence-electron chi connectivity index (χ2n) is 9.76. The molecule has 1 saturated heterocycles. The van der Waals surface area contributed by atoms with Gasteiger partial charge in [0.1, 0.15) is 6.33 Å². The van der Waals surface area contributed by atoms with E-state index in [1.165, 1.54) is 63.4 Å². The quantitative estimate of drug-likeness (QED) is 0.277. The van der Waals surface area contributed by atoms with Crippen molar-refractivity contribution in [2.24, 2.45) is 11.8 Å². The Balaban J connectivity index is 1.29. The van der Waals surface area contributed by atoms with Crippen molar-refractivity contribution < 1.29 is 8.78 Å². The molecule has 1 aliphatic heterocycles. The molecule has 1 aliphatic carbocycles. The molecule has 0 bridgehead atoms. The number of halogens is 2. The summed E-state index contributed by atoms with van der Waals surface area (Å²) in [5, 5.41) is 0. The lowest BCUT2D eigenvalue weighted by Gasteiger charge is -2.29. The molecule has 162 valence electrons. The Hall–Kier alpha value is -0.963. The largest absolute Gasteiger partial charge is 0.212 e. The van der Waals surface area contributed by atoms with Crippen LogP contribution in [0.5, 0.6) is 0 Å². The molecule has 0 radical (unpaired) electrons. The highest BCUT2D eigenvalue weighted by Crippen LogP contribution is 2.38. The fraction of sp³-hybridized carbons (Fsp3) is 0.692. The third-order valence-electron chi connectivity index (χ3n) is 7.74. The molecular weight excluding hydrogens is 378 g/mol. The molecule has 0 atom stereocenters. The van der Waals surface area contributed by atoms with Gasteiger partial charge in [-0.25, -0.2) is 8.78 Å². The monoisotopic (exact) mass is 418 g/mol. The maximum Gasteiger partial charge on any atom is 0.158 e. The molecule has 1 aromatic rings. The van der Waals surface area contributed by atoms with Gasteiger partial charge in [-0.2, -0.15) is 0 Å². The first-order valence-corrected chi connectivity index (χ1v) is 14.7. The third-order valence-corrected chi connectivity index (χ3v) is 11.4. The second kappa shape index (κ2) is 12.0. The Morgan fingerprint density at radius 3 is 2.07 bits per heavy atom. The van der Waals surface area contributed by atoms with Crippen LogP contribution in [0, 0.1) is 11.8 Å². The SMILES string of the molecule is CCC[Si@H]1CC[C@H](CCCC[C@H]2CC[C@H](c3ccc(C(F)=CF)cc3)CC2)CC1. The predicted molar refractivity (Wildman–Crippen MR) is 124 cm³/mol. The average molecular weight is 419 g/mol. The standard InChI is InChI=1S/C26H40F2Si/c1-2-17-29-18-15-22(16-19-29)6-4-3-5-21-7-9-23(10-8-21)24-11-13-25(14-12-24)26(28)20-27/h11-14,20-23,29H,2-10,15-19H2,1H3/t21-,22-,23-,29-. The molecular formula is C26H40F2Si. The zero-order chi connectivity index (χ0) is 20.5. The number of benzene rings is 1. The lowest BCUT2D eigenvalue weighted by molar-refractivity contribution is 0.297. The summed E-state index contributed by atoms with van der Waals surface area (Å²) in [4.78, 5) is 0. The van der Waals surface area contributed by atoms with E-state index in [4.69, 9.17) is 0 Å². The summed E-state index contributed by atoms with van der Waals surface area (Å²) >= 11 is 0. The molecule has 0 amide bonds. The van der Waals surface area contributed by atoms with Gasteiger partial charge in [-0.15, -0.1) is 0 Å². The lowest BCUT2D eigenvalue weighted by Crippen LogP contribution is -2.21. The molecule has 0 spiro atoms. The van der Waals surface area contributed by atoms with E-state index in [1.807, 2.05) is 12.1 Å². The number of hydrogen-bond acceptors (Lipinski definition) is 0. The smallest absolute Gasteiger partial charge is 0.158 e. The van der Waals surface area contributed by atoms with E-state index in [-0.39, 0.29) is 15.1 Å². The Morgan fingerprint density at radius 1 is 0.931 bits per heavy atom. The van der Waals surface area contributed by atoms with Crippen LogP contribution >= 0.6 is 0 Å². The second-order valence-corrected chi connectivity index (χ2v) is 13.2. The number of unbranched alkanes of at least 4 members (excludes halogenated alkanes) is 1. The van der Waals surface area contributed by atoms with Gasteiger partial charge < -0.3 is 0 Å². The van der Waals surface area contributed by atoms with Gasteiger partial charge in [0.15, 0.2) is 5.83 Å². The van der Waals surface area contributed by atoms with Crippen molar-refractivity contribution in [2.75, 3.05) is 0 Å². The molecule has 0 N–H and O–H groups in total. The van der Waals surface area contributed by atoms with Crippen molar-refractivity contribution in [1.82, 2.24) is 0 Å². The molecule has 1 heterocycles. The van der Waals surface area contributed by atoms with Crippen molar-refractivity contribution in [3.8, 4) is 0 Å². The summed E-state index contributed by atoms with van der Waals surface area (Å²) in [6.07, 6.45) is 15.5. The van der Waals surface area contributed by atoms with Crippen LogP contribution in [0.2, 0.25) is 18.1 Å². The maximum absolute atomic E-state index is 13.3. The van der Waals surface area contributed by atoms with Crippen LogP contribution in [0.15, 0.2) is 30.6 Å². The topological polar surface area (TPSA) is 0 Å². The van der Waals surface area contributed by atoms with E-state index >= 15 is 0 Å². The summed E-state index contributed by atoms with van der Waals surface area (Å²) < 4.78 is 25.6. The van der Waals surface area contributed by atoms with Gasteiger partial charge in [-0.1, -0.05) is 94.3 Å². The first kappa shape index (κ1) is 22.7. The minimum absolute atomic E-state index is 0.0411. The van der Waals surface area contributed by atoms with Gasteiger partial charge >= 0.3 is 0 Å². The molecule has 3 rings (SSSR count). The maximum atomic E-state index is 13.3. The highest BCUT2D eigenvalue weighted by molar-refractivity contribution is 6.58.